The molecule has 0 saturated heterocycles. The molecule has 0 fully saturated rings. The number of hydrazine groups is 1. The molecule has 2 rings (SSSR count). The van der Waals surface area contributed by atoms with Gasteiger partial charge in [-0.1, -0.05) is 59.6 Å². The highest BCUT2D eigenvalue weighted by molar-refractivity contribution is 9.10. The summed E-state index contributed by atoms with van der Waals surface area (Å²) in [6.07, 6.45) is 2.20. The van der Waals surface area contributed by atoms with Crippen molar-refractivity contribution < 1.29 is 4.74 Å². The number of methoxy groups -OCH3 is 1. The van der Waals surface area contributed by atoms with E-state index in [0.29, 0.717) is 0 Å². The summed E-state index contributed by atoms with van der Waals surface area (Å²) in [5.74, 6) is 6.62. The topological polar surface area (TPSA) is 47.3 Å². The third-order valence-corrected chi connectivity index (χ3v) is 3.99. The van der Waals surface area contributed by atoms with Crippen molar-refractivity contribution in [2.75, 3.05) is 7.11 Å². The van der Waals surface area contributed by atoms with Crippen LogP contribution in [0.3, 0.4) is 0 Å². The van der Waals surface area contributed by atoms with Gasteiger partial charge in [-0.15, -0.1) is 0 Å². The second kappa shape index (κ2) is 7.59. The van der Waals surface area contributed by atoms with E-state index >= 15 is 0 Å². The Hall–Kier alpha value is -1.36. The van der Waals surface area contributed by atoms with Crippen LogP contribution in [-0.2, 0) is 6.42 Å². The van der Waals surface area contributed by atoms with Crippen molar-refractivity contribution in [3.05, 3.63) is 63.6 Å². The molecular weight excluding hydrogens is 328 g/mol. The maximum absolute atomic E-state index is 5.81. The summed E-state index contributed by atoms with van der Waals surface area (Å²) in [4.78, 5) is 0. The fourth-order valence-electron chi connectivity index (χ4n) is 2.51. The van der Waals surface area contributed by atoms with E-state index in [0.717, 1.165) is 34.2 Å². The summed E-state index contributed by atoms with van der Waals surface area (Å²) >= 11 is 3.46. The highest BCUT2D eigenvalue weighted by Gasteiger charge is 2.17. The molecule has 1 unspecified atom stereocenters. The molecule has 0 aliphatic rings. The number of halogens is 1. The van der Waals surface area contributed by atoms with Gasteiger partial charge in [0.1, 0.15) is 5.75 Å². The van der Waals surface area contributed by atoms with Gasteiger partial charge in [-0.05, 0) is 29.7 Å². The fourth-order valence-corrected chi connectivity index (χ4v) is 2.85. The molecule has 4 heteroatoms. The largest absolute Gasteiger partial charge is 0.496 e. The Bertz CT molecular complexity index is 601. The van der Waals surface area contributed by atoms with Gasteiger partial charge < -0.3 is 4.74 Å². The SMILES string of the molecule is CCCc1cccc(C(NN)c2ccc(Br)cc2OC)c1. The lowest BCUT2D eigenvalue weighted by molar-refractivity contribution is 0.404. The molecule has 3 N–H and O–H groups in total. The van der Waals surface area contributed by atoms with Crippen LogP contribution in [0, 0.1) is 0 Å². The zero-order valence-corrected chi connectivity index (χ0v) is 14.0. The smallest absolute Gasteiger partial charge is 0.125 e. The molecule has 21 heavy (non-hydrogen) atoms. The first-order valence-corrected chi connectivity index (χ1v) is 7.87. The highest BCUT2D eigenvalue weighted by Crippen LogP contribution is 2.32. The molecule has 0 saturated carbocycles. The number of rotatable bonds is 6. The molecule has 0 spiro atoms. The molecular formula is C17H21BrN2O. The molecule has 3 nitrogen and oxygen atoms in total. The minimum absolute atomic E-state index is 0.0927. The van der Waals surface area contributed by atoms with Crippen molar-refractivity contribution in [3.63, 3.8) is 0 Å². The van der Waals surface area contributed by atoms with E-state index < -0.39 is 0 Å². The first kappa shape index (κ1) is 16.0. The Kier molecular flexibility index (Phi) is 5.79. The van der Waals surface area contributed by atoms with Crippen molar-refractivity contribution in [1.82, 2.24) is 5.43 Å². The number of hydrogen-bond acceptors (Lipinski definition) is 3. The van der Waals surface area contributed by atoms with E-state index in [-0.39, 0.29) is 6.04 Å². The Morgan fingerprint density at radius 1 is 1.24 bits per heavy atom. The Morgan fingerprint density at radius 3 is 2.71 bits per heavy atom. The van der Waals surface area contributed by atoms with Gasteiger partial charge in [-0.25, -0.2) is 5.43 Å². The van der Waals surface area contributed by atoms with Gasteiger partial charge in [-0.2, -0.15) is 0 Å². The summed E-state index contributed by atoms with van der Waals surface area (Å²) in [6.45, 7) is 2.18. The minimum Gasteiger partial charge on any atom is -0.496 e. The highest BCUT2D eigenvalue weighted by atomic mass is 79.9. The van der Waals surface area contributed by atoms with Gasteiger partial charge >= 0.3 is 0 Å². The maximum Gasteiger partial charge on any atom is 0.125 e. The van der Waals surface area contributed by atoms with Crippen molar-refractivity contribution in [2.45, 2.75) is 25.8 Å². The van der Waals surface area contributed by atoms with Gasteiger partial charge in [0, 0.05) is 10.0 Å². The normalized spacial score (nSPS) is 12.2. The van der Waals surface area contributed by atoms with Crippen molar-refractivity contribution in [1.29, 1.82) is 0 Å². The molecule has 0 heterocycles. The maximum atomic E-state index is 5.81. The molecule has 0 bridgehead atoms. The lowest BCUT2D eigenvalue weighted by Gasteiger charge is -2.20. The summed E-state index contributed by atoms with van der Waals surface area (Å²) in [6, 6.07) is 14.4. The fraction of sp³-hybridized carbons (Fsp3) is 0.294. The predicted molar refractivity (Wildman–Crippen MR) is 90.3 cm³/mol. The molecule has 0 amide bonds. The number of ether oxygens (including phenoxy) is 1. The number of hydrogen-bond donors (Lipinski definition) is 2. The quantitative estimate of drug-likeness (QED) is 0.613. The van der Waals surface area contributed by atoms with Gasteiger partial charge in [0.2, 0.25) is 0 Å². The molecule has 0 aliphatic heterocycles. The van der Waals surface area contributed by atoms with Crippen LogP contribution in [-0.4, -0.2) is 7.11 Å². The Balaban J connectivity index is 2.42. The van der Waals surface area contributed by atoms with Crippen molar-refractivity contribution in [2.24, 2.45) is 5.84 Å². The van der Waals surface area contributed by atoms with E-state index in [1.54, 1.807) is 7.11 Å². The molecule has 112 valence electrons. The average Bonchev–Trinajstić information content (AvgIpc) is 2.50. The third kappa shape index (κ3) is 3.84. The van der Waals surface area contributed by atoms with E-state index in [2.05, 4.69) is 52.5 Å². The van der Waals surface area contributed by atoms with Crippen LogP contribution in [0.2, 0.25) is 0 Å². The van der Waals surface area contributed by atoms with Crippen LogP contribution in [0.1, 0.15) is 36.1 Å². The molecule has 2 aromatic carbocycles. The number of nitrogens with one attached hydrogen (secondary N) is 1. The summed E-state index contributed by atoms with van der Waals surface area (Å²) < 4.78 is 6.47. The first-order chi connectivity index (χ1) is 10.2. The van der Waals surface area contributed by atoms with Crippen LogP contribution in [0.25, 0.3) is 0 Å². The summed E-state index contributed by atoms with van der Waals surface area (Å²) in [5, 5.41) is 0. The predicted octanol–water partition coefficient (Wildman–Crippen LogP) is 3.96. The second-order valence-corrected chi connectivity index (χ2v) is 5.90. The molecule has 0 radical (unpaired) electrons. The molecule has 0 aliphatic carbocycles. The van der Waals surface area contributed by atoms with Gasteiger partial charge in [0.25, 0.3) is 0 Å². The average molecular weight is 349 g/mol. The van der Waals surface area contributed by atoms with Crippen LogP contribution >= 0.6 is 15.9 Å². The molecule has 2 aromatic rings. The van der Waals surface area contributed by atoms with Crippen LogP contribution < -0.4 is 16.0 Å². The van der Waals surface area contributed by atoms with E-state index in [1.807, 2.05) is 18.2 Å². The Morgan fingerprint density at radius 2 is 2.05 bits per heavy atom. The van der Waals surface area contributed by atoms with Gasteiger partial charge in [0.15, 0.2) is 0 Å². The number of nitrogens with two attached hydrogens (primary N) is 1. The van der Waals surface area contributed by atoms with Crippen LogP contribution in [0.5, 0.6) is 5.75 Å². The zero-order chi connectivity index (χ0) is 15.2. The lowest BCUT2D eigenvalue weighted by atomic mass is 9.96. The molecule has 0 aromatic heterocycles. The van der Waals surface area contributed by atoms with Gasteiger partial charge in [0.05, 0.1) is 13.2 Å². The van der Waals surface area contributed by atoms with E-state index in [1.165, 1.54) is 5.56 Å². The lowest BCUT2D eigenvalue weighted by Crippen LogP contribution is -2.29. The van der Waals surface area contributed by atoms with Crippen LogP contribution in [0.4, 0.5) is 0 Å². The molecule has 1 atom stereocenters. The number of benzene rings is 2. The Labute approximate surface area is 134 Å². The van der Waals surface area contributed by atoms with Crippen molar-refractivity contribution >= 4 is 15.9 Å². The summed E-state index contributed by atoms with van der Waals surface area (Å²) in [7, 11) is 1.67. The zero-order valence-electron chi connectivity index (χ0n) is 12.4. The van der Waals surface area contributed by atoms with Gasteiger partial charge in [-0.3, -0.25) is 5.84 Å². The second-order valence-electron chi connectivity index (χ2n) is 4.98. The minimum atomic E-state index is -0.0927. The van der Waals surface area contributed by atoms with E-state index in [9.17, 15) is 0 Å². The van der Waals surface area contributed by atoms with Crippen LogP contribution in [0.15, 0.2) is 46.9 Å². The monoisotopic (exact) mass is 348 g/mol. The van der Waals surface area contributed by atoms with Crippen molar-refractivity contribution in [3.8, 4) is 5.75 Å². The number of aryl methyl sites for hydroxylation is 1. The van der Waals surface area contributed by atoms with E-state index in [4.69, 9.17) is 10.6 Å². The standard InChI is InChI=1S/C17H21BrN2O/c1-3-5-12-6-4-7-13(10-12)17(20-19)15-9-8-14(18)11-16(15)21-2/h4,6-11,17,20H,3,5,19H2,1-2H3. The third-order valence-electron chi connectivity index (χ3n) is 3.50. The summed E-state index contributed by atoms with van der Waals surface area (Å²) in [5.41, 5.74) is 6.40. The first-order valence-electron chi connectivity index (χ1n) is 7.08.